The van der Waals surface area contributed by atoms with Crippen molar-refractivity contribution in [2.24, 2.45) is 11.8 Å². The van der Waals surface area contributed by atoms with Gasteiger partial charge in [-0.3, -0.25) is 9.59 Å². The summed E-state index contributed by atoms with van der Waals surface area (Å²) in [7, 11) is 0. The van der Waals surface area contributed by atoms with Gasteiger partial charge in [-0.15, -0.1) is 0 Å². The largest absolute Gasteiger partial charge is 0.355 e. The molecule has 0 aromatic heterocycles. The van der Waals surface area contributed by atoms with Crippen LogP contribution < -0.4 is 21.3 Å². The van der Waals surface area contributed by atoms with E-state index in [1.807, 2.05) is 0 Å². The predicted octanol–water partition coefficient (Wildman–Crippen LogP) is 3.50. The van der Waals surface area contributed by atoms with E-state index >= 15 is 0 Å². The highest BCUT2D eigenvalue weighted by Crippen LogP contribution is 2.10. The van der Waals surface area contributed by atoms with Crippen LogP contribution in [0.25, 0.3) is 0 Å². The summed E-state index contributed by atoms with van der Waals surface area (Å²) in [5.41, 5.74) is 2.29. The highest BCUT2D eigenvalue weighted by Gasteiger charge is 2.22. The molecule has 2 bridgehead atoms. The SMILES string of the molecule is CC(C)[C@@H]1NCc2ccc(cc2)CN[C@@H](C(C)C)C(=O)NCCCCCCCCNC1=O. The molecule has 1 aromatic carbocycles. The first-order valence-corrected chi connectivity index (χ1v) is 12.5. The molecule has 0 radical (unpaired) electrons. The zero-order valence-electron chi connectivity index (χ0n) is 20.5. The summed E-state index contributed by atoms with van der Waals surface area (Å²) >= 11 is 0. The normalized spacial score (nSPS) is 23.3. The molecular formula is C26H44N4O2. The lowest BCUT2D eigenvalue weighted by atomic mass is 10.0. The van der Waals surface area contributed by atoms with Crippen molar-refractivity contribution in [3.63, 3.8) is 0 Å². The highest BCUT2D eigenvalue weighted by molar-refractivity contribution is 5.82. The Labute approximate surface area is 194 Å². The van der Waals surface area contributed by atoms with Gasteiger partial charge >= 0.3 is 0 Å². The zero-order valence-corrected chi connectivity index (χ0v) is 20.5. The van der Waals surface area contributed by atoms with E-state index in [9.17, 15) is 9.59 Å². The Kier molecular flexibility index (Phi) is 11.7. The molecule has 0 spiro atoms. The standard InChI is InChI=1S/C26H44N4O2/c1-19(2)23-25(31)27-15-9-7-5-6-8-10-16-28-26(32)24(20(3)4)30-18-22-13-11-21(12-14-22)17-29-23/h11-14,19-20,23-24,29-30H,5-10,15-18H2,1-4H3,(H,27,31)(H,28,32)/t23-,24-/m0/s1. The number of carbonyl (C=O) groups excluding carboxylic acids is 2. The number of carbonyl (C=O) groups is 2. The molecule has 4 N–H and O–H groups in total. The maximum absolute atomic E-state index is 12.7. The number of nitrogens with one attached hydrogen (secondary N) is 4. The molecule has 2 amide bonds. The van der Waals surface area contributed by atoms with Crippen LogP contribution in [0.15, 0.2) is 24.3 Å². The summed E-state index contributed by atoms with van der Waals surface area (Å²) in [6.45, 7) is 11.1. The maximum Gasteiger partial charge on any atom is 0.237 e. The minimum Gasteiger partial charge on any atom is -0.355 e. The number of hydrogen-bond acceptors (Lipinski definition) is 4. The minimum atomic E-state index is -0.195. The van der Waals surface area contributed by atoms with Gasteiger partial charge in [0.25, 0.3) is 0 Å². The molecule has 0 fully saturated rings. The molecule has 32 heavy (non-hydrogen) atoms. The van der Waals surface area contributed by atoms with Gasteiger partial charge in [0.2, 0.25) is 11.8 Å². The number of benzene rings is 1. The molecule has 2 aliphatic rings. The second-order valence-corrected chi connectivity index (χ2v) is 9.73. The van der Waals surface area contributed by atoms with Gasteiger partial charge in [0.15, 0.2) is 0 Å². The van der Waals surface area contributed by atoms with Gasteiger partial charge in [-0.05, 0) is 35.8 Å². The van der Waals surface area contributed by atoms with Gasteiger partial charge in [0.05, 0.1) is 12.1 Å². The van der Waals surface area contributed by atoms with E-state index in [1.165, 1.54) is 12.8 Å². The first-order chi connectivity index (χ1) is 15.4. The Morgan fingerprint density at radius 3 is 1.31 bits per heavy atom. The summed E-state index contributed by atoms with van der Waals surface area (Å²) in [5.74, 6) is 0.642. The Hall–Kier alpha value is -1.92. The van der Waals surface area contributed by atoms with E-state index in [1.54, 1.807) is 0 Å². The third kappa shape index (κ3) is 9.29. The average molecular weight is 445 g/mol. The molecule has 1 aromatic rings. The van der Waals surface area contributed by atoms with E-state index in [2.05, 4.69) is 73.2 Å². The van der Waals surface area contributed by atoms with Crippen molar-refractivity contribution in [2.45, 2.75) is 91.4 Å². The van der Waals surface area contributed by atoms with Crippen LogP contribution in [0.5, 0.6) is 0 Å². The summed E-state index contributed by atoms with van der Waals surface area (Å²) < 4.78 is 0. The van der Waals surface area contributed by atoms with E-state index < -0.39 is 0 Å². The lowest BCUT2D eigenvalue weighted by Crippen LogP contribution is -2.47. The van der Waals surface area contributed by atoms with Crippen molar-refractivity contribution in [1.29, 1.82) is 0 Å². The van der Waals surface area contributed by atoms with Crippen LogP contribution in [0.3, 0.4) is 0 Å². The van der Waals surface area contributed by atoms with Crippen molar-refractivity contribution < 1.29 is 9.59 Å². The van der Waals surface area contributed by atoms with Crippen molar-refractivity contribution in [2.75, 3.05) is 13.1 Å². The first-order valence-electron chi connectivity index (χ1n) is 12.5. The minimum absolute atomic E-state index is 0.0958. The average Bonchev–Trinajstić information content (AvgIpc) is 2.75. The Morgan fingerprint density at radius 1 is 0.625 bits per heavy atom. The molecule has 2 aliphatic heterocycles. The fraction of sp³-hybridized carbons (Fsp3) is 0.692. The summed E-state index contributed by atoms with van der Waals surface area (Å²) in [4.78, 5) is 25.3. The van der Waals surface area contributed by atoms with Gasteiger partial charge in [-0.1, -0.05) is 77.6 Å². The second-order valence-electron chi connectivity index (χ2n) is 9.73. The molecule has 0 saturated heterocycles. The molecule has 180 valence electrons. The Bertz CT molecular complexity index is 629. The fourth-order valence-corrected chi connectivity index (χ4v) is 4.09. The van der Waals surface area contributed by atoms with E-state index in [0.717, 1.165) is 49.9 Å². The van der Waals surface area contributed by atoms with Gasteiger partial charge < -0.3 is 21.3 Å². The van der Waals surface area contributed by atoms with Crippen LogP contribution in [0.1, 0.15) is 77.3 Å². The van der Waals surface area contributed by atoms with E-state index in [0.29, 0.717) is 13.1 Å². The number of rotatable bonds is 2. The molecule has 0 saturated carbocycles. The lowest BCUT2D eigenvalue weighted by Gasteiger charge is -2.23. The van der Waals surface area contributed by atoms with Crippen molar-refractivity contribution >= 4 is 11.8 Å². The molecule has 3 rings (SSSR count). The van der Waals surface area contributed by atoms with Crippen LogP contribution in [0.4, 0.5) is 0 Å². The maximum atomic E-state index is 12.7. The Balaban J connectivity index is 2.03. The smallest absolute Gasteiger partial charge is 0.237 e. The molecular weight excluding hydrogens is 400 g/mol. The predicted molar refractivity (Wildman–Crippen MR) is 131 cm³/mol. The fourth-order valence-electron chi connectivity index (χ4n) is 4.09. The second kappa shape index (κ2) is 14.3. The third-order valence-corrected chi connectivity index (χ3v) is 6.18. The van der Waals surface area contributed by atoms with Crippen LogP contribution in [0.2, 0.25) is 0 Å². The van der Waals surface area contributed by atoms with Crippen molar-refractivity contribution in [1.82, 2.24) is 21.3 Å². The summed E-state index contributed by atoms with van der Waals surface area (Å²) in [6, 6.07) is 7.98. The van der Waals surface area contributed by atoms with Crippen LogP contribution in [-0.4, -0.2) is 37.0 Å². The molecule has 0 aliphatic carbocycles. The first kappa shape index (κ1) is 26.3. The molecule has 6 heteroatoms. The van der Waals surface area contributed by atoms with Crippen molar-refractivity contribution in [3.05, 3.63) is 35.4 Å². The number of hydrogen-bond donors (Lipinski definition) is 4. The number of amides is 2. The molecule has 0 unspecified atom stereocenters. The molecule has 2 heterocycles. The van der Waals surface area contributed by atoms with Crippen LogP contribution >= 0.6 is 0 Å². The van der Waals surface area contributed by atoms with Crippen LogP contribution in [-0.2, 0) is 22.7 Å². The van der Waals surface area contributed by atoms with Crippen LogP contribution in [0, 0.1) is 11.8 Å². The zero-order chi connectivity index (χ0) is 23.3. The number of fused-ring (bicyclic) bond motifs is 19. The monoisotopic (exact) mass is 444 g/mol. The van der Waals surface area contributed by atoms with E-state index in [-0.39, 0.29) is 35.7 Å². The van der Waals surface area contributed by atoms with E-state index in [4.69, 9.17) is 0 Å². The van der Waals surface area contributed by atoms with Crippen molar-refractivity contribution in [3.8, 4) is 0 Å². The van der Waals surface area contributed by atoms with Gasteiger partial charge in [-0.25, -0.2) is 0 Å². The summed E-state index contributed by atoms with van der Waals surface area (Å²) in [6.07, 6.45) is 6.60. The summed E-state index contributed by atoms with van der Waals surface area (Å²) in [5, 5.41) is 13.1. The lowest BCUT2D eigenvalue weighted by molar-refractivity contribution is -0.125. The topological polar surface area (TPSA) is 82.3 Å². The van der Waals surface area contributed by atoms with Gasteiger partial charge in [-0.2, -0.15) is 0 Å². The van der Waals surface area contributed by atoms with Gasteiger partial charge in [0.1, 0.15) is 0 Å². The highest BCUT2D eigenvalue weighted by atomic mass is 16.2. The molecule has 2 atom stereocenters. The quantitative estimate of drug-likeness (QED) is 0.563. The third-order valence-electron chi connectivity index (χ3n) is 6.18. The molecule has 6 nitrogen and oxygen atoms in total. The Morgan fingerprint density at radius 2 is 0.969 bits per heavy atom. The van der Waals surface area contributed by atoms with Gasteiger partial charge in [0, 0.05) is 26.2 Å².